The smallest absolute Gasteiger partial charge is 0.277 e. The molecule has 1 amide bonds. The van der Waals surface area contributed by atoms with Crippen molar-refractivity contribution < 1.29 is 19.0 Å². The maximum absolute atomic E-state index is 12.0. The van der Waals surface area contributed by atoms with Crippen LogP contribution < -0.4 is 19.6 Å². The molecule has 2 aromatic carbocycles. The quantitative estimate of drug-likeness (QED) is 0.383. The minimum atomic E-state index is -0.338. The second kappa shape index (κ2) is 11.5. The molecule has 0 saturated carbocycles. The summed E-state index contributed by atoms with van der Waals surface area (Å²) in [6, 6.07) is 11.5. The highest BCUT2D eigenvalue weighted by atomic mass is 79.9. The van der Waals surface area contributed by atoms with E-state index < -0.39 is 0 Å². The van der Waals surface area contributed by atoms with Gasteiger partial charge in [0.25, 0.3) is 5.91 Å². The number of benzene rings is 2. The second-order valence-electron chi connectivity index (χ2n) is 6.19. The molecule has 1 aliphatic heterocycles. The number of hydrogen-bond acceptors (Lipinski definition) is 7. The molecule has 160 valence electrons. The van der Waals surface area contributed by atoms with E-state index >= 15 is 0 Å². The molecule has 0 aromatic heterocycles. The van der Waals surface area contributed by atoms with Gasteiger partial charge in [0.05, 0.1) is 29.0 Å². The van der Waals surface area contributed by atoms with Crippen LogP contribution in [0.3, 0.4) is 0 Å². The van der Waals surface area contributed by atoms with Crippen LogP contribution in [0.2, 0.25) is 0 Å². The average Bonchev–Trinajstić information content (AvgIpc) is 3.28. The lowest BCUT2D eigenvalue weighted by Gasteiger charge is -2.11. The lowest BCUT2D eigenvalue weighted by atomic mass is 10.2. The summed E-state index contributed by atoms with van der Waals surface area (Å²) in [7, 11) is 1.58. The fraction of sp³-hybridized carbons (Fsp3) is 0.333. The van der Waals surface area contributed by atoms with Crippen molar-refractivity contribution in [1.82, 2.24) is 5.43 Å². The van der Waals surface area contributed by atoms with Gasteiger partial charge >= 0.3 is 0 Å². The Morgan fingerprint density at radius 1 is 1.23 bits per heavy atom. The Kier molecular flexibility index (Phi) is 8.77. The van der Waals surface area contributed by atoms with Gasteiger partial charge in [0.2, 0.25) is 0 Å². The molecule has 0 spiro atoms. The van der Waals surface area contributed by atoms with Crippen LogP contribution in [0, 0.1) is 0 Å². The van der Waals surface area contributed by atoms with Crippen molar-refractivity contribution in [2.45, 2.75) is 11.5 Å². The summed E-state index contributed by atoms with van der Waals surface area (Å²) in [5.41, 5.74) is 4.50. The van der Waals surface area contributed by atoms with Crippen LogP contribution in [0.15, 0.2) is 46.0 Å². The summed E-state index contributed by atoms with van der Waals surface area (Å²) >= 11 is 7.36. The molecule has 0 aliphatic carbocycles. The Morgan fingerprint density at radius 2 is 1.97 bits per heavy atom. The molecule has 3 rings (SSSR count). The Balaban J connectivity index is 1.50. The summed E-state index contributed by atoms with van der Waals surface area (Å²) in [4.78, 5) is 12.0. The van der Waals surface area contributed by atoms with Crippen LogP contribution in [-0.4, -0.2) is 44.0 Å². The highest BCUT2D eigenvalue weighted by Crippen LogP contribution is 2.45. The van der Waals surface area contributed by atoms with Gasteiger partial charge in [0.1, 0.15) is 5.75 Å². The number of methoxy groups -OCH3 is 1. The summed E-state index contributed by atoms with van der Waals surface area (Å²) in [6.45, 7) is 2.30. The molecule has 30 heavy (non-hydrogen) atoms. The van der Waals surface area contributed by atoms with E-state index in [2.05, 4.69) is 38.6 Å². The first-order valence-electron chi connectivity index (χ1n) is 9.39. The highest BCUT2D eigenvalue weighted by molar-refractivity contribution is 9.10. The van der Waals surface area contributed by atoms with Crippen LogP contribution in [0.5, 0.6) is 17.2 Å². The van der Waals surface area contributed by atoms with Gasteiger partial charge in [-0.25, -0.2) is 5.43 Å². The lowest BCUT2D eigenvalue weighted by molar-refractivity contribution is -0.123. The van der Waals surface area contributed by atoms with Crippen LogP contribution in [0.4, 0.5) is 0 Å². The topological polar surface area (TPSA) is 69.2 Å². The molecule has 0 atom stereocenters. The predicted molar refractivity (Wildman–Crippen MR) is 127 cm³/mol. The fourth-order valence-corrected chi connectivity index (χ4v) is 6.24. The Labute approximate surface area is 193 Å². The molecule has 9 heteroatoms. The highest BCUT2D eigenvalue weighted by Gasteiger charge is 2.18. The van der Waals surface area contributed by atoms with Gasteiger partial charge in [-0.2, -0.15) is 5.10 Å². The Bertz CT molecular complexity index is 887. The van der Waals surface area contributed by atoms with Gasteiger partial charge < -0.3 is 14.2 Å². The average molecular weight is 511 g/mol. The van der Waals surface area contributed by atoms with Crippen molar-refractivity contribution in [2.75, 3.05) is 31.8 Å². The number of rotatable bonds is 9. The minimum absolute atomic E-state index is 0.111. The molecule has 2 aromatic rings. The molecule has 1 saturated heterocycles. The summed E-state index contributed by atoms with van der Waals surface area (Å²) < 4.78 is 17.7. The van der Waals surface area contributed by atoms with Gasteiger partial charge in [0, 0.05) is 11.5 Å². The largest absolute Gasteiger partial charge is 0.492 e. The van der Waals surface area contributed by atoms with Crippen molar-refractivity contribution in [3.63, 3.8) is 0 Å². The molecule has 0 unspecified atom stereocenters. The lowest BCUT2D eigenvalue weighted by Crippen LogP contribution is -2.24. The van der Waals surface area contributed by atoms with Gasteiger partial charge in [-0.1, -0.05) is 12.1 Å². The van der Waals surface area contributed by atoms with Crippen molar-refractivity contribution in [3.05, 3.63) is 52.0 Å². The molecule has 0 bridgehead atoms. The van der Waals surface area contributed by atoms with Crippen LogP contribution >= 0.6 is 39.5 Å². The monoisotopic (exact) mass is 510 g/mol. The number of halogens is 1. The number of nitrogens with one attached hydrogen (secondary N) is 1. The number of hydrazone groups is 1. The fourth-order valence-electron chi connectivity index (χ4n) is 2.76. The number of carbonyl (C=O) groups is 1. The van der Waals surface area contributed by atoms with E-state index in [0.29, 0.717) is 28.4 Å². The third-order valence-corrected chi connectivity index (χ3v) is 7.78. The first-order chi connectivity index (χ1) is 14.6. The number of hydrogen-bond donors (Lipinski definition) is 1. The zero-order valence-corrected chi connectivity index (χ0v) is 19.9. The molecule has 6 nitrogen and oxygen atoms in total. The number of nitrogens with zero attached hydrogens (tertiary/aromatic N) is 1. The van der Waals surface area contributed by atoms with E-state index in [1.165, 1.54) is 23.3 Å². The van der Waals surface area contributed by atoms with Gasteiger partial charge in [0.15, 0.2) is 18.1 Å². The van der Waals surface area contributed by atoms with E-state index in [-0.39, 0.29) is 12.5 Å². The first kappa shape index (κ1) is 22.8. The number of amides is 1. The maximum atomic E-state index is 12.0. The molecule has 1 heterocycles. The second-order valence-corrected chi connectivity index (χ2v) is 9.77. The number of carbonyl (C=O) groups excluding carboxylic acids is 1. The molecule has 1 fully saturated rings. The SMILES string of the molecule is CCOc1cc(/C=N\NC(=O)COc2ccc(C3SCCS3)cc2)cc(Br)c1OC. The van der Waals surface area contributed by atoms with E-state index in [1.54, 1.807) is 13.2 Å². The standard InChI is InChI=1S/C21H23BrN2O4S2/c1-3-27-18-11-14(10-17(22)20(18)26-2)12-23-24-19(25)13-28-16-6-4-15(5-7-16)21-29-8-9-30-21/h4-7,10-12,21H,3,8-9,13H2,1-2H3,(H,24,25)/b23-12-. The summed E-state index contributed by atoms with van der Waals surface area (Å²) in [5.74, 6) is 3.91. The van der Waals surface area contributed by atoms with E-state index in [4.69, 9.17) is 14.2 Å². The van der Waals surface area contributed by atoms with Crippen molar-refractivity contribution in [2.24, 2.45) is 5.10 Å². The minimum Gasteiger partial charge on any atom is -0.492 e. The van der Waals surface area contributed by atoms with Crippen molar-refractivity contribution in [3.8, 4) is 17.2 Å². The summed E-state index contributed by atoms with van der Waals surface area (Å²) in [6.07, 6.45) is 1.54. The number of ether oxygens (including phenoxy) is 3. The van der Waals surface area contributed by atoms with E-state index in [1.807, 2.05) is 48.6 Å². The zero-order chi connectivity index (χ0) is 21.3. The van der Waals surface area contributed by atoms with E-state index in [9.17, 15) is 4.79 Å². The summed E-state index contributed by atoms with van der Waals surface area (Å²) in [5, 5.41) is 3.99. The normalized spacial score (nSPS) is 14.1. The molecule has 0 radical (unpaired) electrons. The maximum Gasteiger partial charge on any atom is 0.277 e. The van der Waals surface area contributed by atoms with Crippen molar-refractivity contribution in [1.29, 1.82) is 0 Å². The molecule has 1 aliphatic rings. The van der Waals surface area contributed by atoms with Crippen molar-refractivity contribution >= 4 is 51.6 Å². The van der Waals surface area contributed by atoms with E-state index in [0.717, 1.165) is 10.0 Å². The third kappa shape index (κ3) is 6.33. The third-order valence-electron chi connectivity index (χ3n) is 4.08. The van der Waals surface area contributed by atoms with Crippen LogP contribution in [-0.2, 0) is 4.79 Å². The van der Waals surface area contributed by atoms with Gasteiger partial charge in [-0.15, -0.1) is 23.5 Å². The van der Waals surface area contributed by atoms with Gasteiger partial charge in [-0.3, -0.25) is 4.79 Å². The van der Waals surface area contributed by atoms with Crippen LogP contribution in [0.25, 0.3) is 0 Å². The van der Waals surface area contributed by atoms with Crippen LogP contribution in [0.1, 0.15) is 22.6 Å². The molecular weight excluding hydrogens is 488 g/mol. The zero-order valence-electron chi connectivity index (χ0n) is 16.7. The predicted octanol–water partition coefficient (Wildman–Crippen LogP) is 4.86. The Hall–Kier alpha value is -1.84. The first-order valence-corrected chi connectivity index (χ1v) is 12.3. The molecular formula is C21H23BrN2O4S2. The Morgan fingerprint density at radius 3 is 2.63 bits per heavy atom. The molecule has 1 N–H and O–H groups in total. The van der Waals surface area contributed by atoms with Gasteiger partial charge in [-0.05, 0) is 58.2 Å². The number of thioether (sulfide) groups is 2.